The van der Waals surface area contributed by atoms with Crippen LogP contribution in [0.25, 0.3) is 0 Å². The normalized spacial score (nSPS) is 24.3. The van der Waals surface area contributed by atoms with Crippen molar-refractivity contribution < 1.29 is 22.2 Å². The fourth-order valence-corrected chi connectivity index (χ4v) is 6.13. The molecular formula is C20H19F3N8O2S. The lowest BCUT2D eigenvalue weighted by atomic mass is 9.97. The van der Waals surface area contributed by atoms with E-state index in [-0.39, 0.29) is 30.2 Å². The highest BCUT2D eigenvalue weighted by molar-refractivity contribution is 7.92. The van der Waals surface area contributed by atoms with Crippen LogP contribution < -0.4 is 11.1 Å². The second-order valence-corrected chi connectivity index (χ2v) is 9.83. The number of aliphatic imine (C=N–C) groups is 1. The van der Waals surface area contributed by atoms with Gasteiger partial charge in [-0.15, -0.1) is 0 Å². The summed E-state index contributed by atoms with van der Waals surface area (Å²) in [5, 5.41) is 11.2. The molecule has 0 aliphatic carbocycles. The third kappa shape index (κ3) is 4.14. The third-order valence-electron chi connectivity index (χ3n) is 5.37. The number of rotatable bonds is 4. The lowest BCUT2D eigenvalue weighted by Gasteiger charge is -2.39. The number of carbonyl (C=O) groups is 1. The molecule has 14 heteroatoms. The summed E-state index contributed by atoms with van der Waals surface area (Å²) in [5.41, 5.74) is 2.60. The van der Waals surface area contributed by atoms with E-state index >= 15 is 0 Å². The summed E-state index contributed by atoms with van der Waals surface area (Å²) in [4.78, 5) is 24.1. The van der Waals surface area contributed by atoms with Crippen molar-refractivity contribution in [3.63, 3.8) is 0 Å². The Labute approximate surface area is 193 Å². The van der Waals surface area contributed by atoms with Crippen LogP contribution in [0.2, 0.25) is 0 Å². The average Bonchev–Trinajstić information content (AvgIpc) is 3.01. The van der Waals surface area contributed by atoms with Gasteiger partial charge in [0.05, 0.1) is 17.9 Å². The predicted octanol–water partition coefficient (Wildman–Crippen LogP) is 2.01. The predicted molar refractivity (Wildman–Crippen MR) is 117 cm³/mol. The number of hydrogen-bond acceptors (Lipinski definition) is 8. The largest absolute Gasteiger partial charge is 0.369 e. The SMILES string of the molecule is N#Cc1ccc(C(=O)Nc2ccc(F)c([C@]3(C(F)F)C[S@]4(=O)=NCCCCN4C(N)=N3)n2)nc1. The highest BCUT2D eigenvalue weighted by Crippen LogP contribution is 2.40. The summed E-state index contributed by atoms with van der Waals surface area (Å²) in [7, 11) is -3.43. The highest BCUT2D eigenvalue weighted by atomic mass is 32.2. The Balaban J connectivity index is 1.75. The molecular weight excluding hydrogens is 473 g/mol. The van der Waals surface area contributed by atoms with Gasteiger partial charge in [-0.05, 0) is 37.1 Å². The van der Waals surface area contributed by atoms with Crippen molar-refractivity contribution in [1.29, 1.82) is 5.26 Å². The third-order valence-corrected chi connectivity index (χ3v) is 7.83. The number of aromatic nitrogens is 2. The minimum absolute atomic E-state index is 0.0777. The van der Waals surface area contributed by atoms with Gasteiger partial charge in [0.15, 0.2) is 5.54 Å². The molecule has 3 N–H and O–H groups in total. The van der Waals surface area contributed by atoms with E-state index in [1.165, 1.54) is 22.6 Å². The molecule has 2 aliphatic rings. The molecule has 0 unspecified atom stereocenters. The number of fused-ring (bicyclic) bond motifs is 1. The van der Waals surface area contributed by atoms with Crippen molar-refractivity contribution in [3.05, 3.63) is 53.2 Å². The number of nitrogens with one attached hydrogen (secondary N) is 1. The van der Waals surface area contributed by atoms with Gasteiger partial charge in [-0.2, -0.15) is 5.26 Å². The molecule has 1 amide bonds. The average molecular weight is 492 g/mol. The van der Waals surface area contributed by atoms with E-state index in [9.17, 15) is 22.2 Å². The van der Waals surface area contributed by atoms with E-state index in [0.29, 0.717) is 12.8 Å². The fourth-order valence-electron chi connectivity index (χ4n) is 3.68. The van der Waals surface area contributed by atoms with E-state index in [4.69, 9.17) is 11.0 Å². The van der Waals surface area contributed by atoms with Gasteiger partial charge in [-0.3, -0.25) is 9.10 Å². The molecule has 0 saturated heterocycles. The molecule has 4 heterocycles. The van der Waals surface area contributed by atoms with Gasteiger partial charge in [0, 0.05) is 12.7 Å². The standard InChI is InChI=1S/C20H19F3N8O2S/c21-13-4-6-15(29-17(32)14-5-3-12(9-24)10-26-14)28-16(13)20(18(22)23)11-34(33)27-7-1-2-8-31(34)19(25)30-20/h3-6,10,18H,1-2,7-8,11H2,(H2,25,30)(H,28,29,32)/t20-,34-/m0/s1. The smallest absolute Gasteiger partial charge is 0.275 e. The Bertz CT molecular complexity index is 1320. The van der Waals surface area contributed by atoms with E-state index in [2.05, 4.69) is 24.6 Å². The topological polar surface area (TPSA) is 150 Å². The molecule has 2 aromatic heterocycles. The number of nitrogens with zero attached hydrogens (tertiary/aromatic N) is 6. The van der Waals surface area contributed by atoms with Crippen LogP contribution in [0.4, 0.5) is 19.0 Å². The molecule has 0 aromatic carbocycles. The number of nitriles is 1. The van der Waals surface area contributed by atoms with Crippen molar-refractivity contribution in [3.8, 4) is 6.07 Å². The summed E-state index contributed by atoms with van der Waals surface area (Å²) in [6, 6.07) is 6.45. The zero-order valence-corrected chi connectivity index (χ0v) is 18.4. The molecule has 0 bridgehead atoms. The molecule has 0 radical (unpaired) electrons. The first-order valence-corrected chi connectivity index (χ1v) is 11.8. The van der Waals surface area contributed by atoms with E-state index < -0.39 is 51.0 Å². The van der Waals surface area contributed by atoms with E-state index in [0.717, 1.165) is 12.1 Å². The van der Waals surface area contributed by atoms with Crippen LogP contribution in [0, 0.1) is 17.1 Å². The fraction of sp³-hybridized carbons (Fsp3) is 0.350. The van der Waals surface area contributed by atoms with Crippen LogP contribution in [-0.2, 0) is 15.5 Å². The maximum atomic E-state index is 14.9. The van der Waals surface area contributed by atoms with Crippen LogP contribution in [0.1, 0.15) is 34.6 Å². The Morgan fingerprint density at radius 3 is 2.76 bits per heavy atom. The molecule has 2 atom stereocenters. The Hall–Kier alpha value is -3.73. The van der Waals surface area contributed by atoms with Crippen molar-refractivity contribution in [1.82, 2.24) is 14.3 Å². The Morgan fingerprint density at radius 1 is 1.29 bits per heavy atom. The number of alkyl halides is 2. The van der Waals surface area contributed by atoms with Crippen LogP contribution in [0.15, 0.2) is 39.8 Å². The van der Waals surface area contributed by atoms with Gasteiger partial charge < -0.3 is 11.1 Å². The summed E-state index contributed by atoms with van der Waals surface area (Å²) in [6.07, 6.45) is -0.948. The maximum absolute atomic E-state index is 14.9. The molecule has 0 spiro atoms. The van der Waals surface area contributed by atoms with Crippen LogP contribution >= 0.6 is 0 Å². The number of anilines is 1. The second kappa shape index (κ2) is 8.90. The number of carbonyl (C=O) groups excluding carboxylic acids is 1. The molecule has 10 nitrogen and oxygen atoms in total. The van der Waals surface area contributed by atoms with E-state index in [1.807, 2.05) is 6.07 Å². The minimum Gasteiger partial charge on any atom is -0.369 e. The number of halogens is 3. The van der Waals surface area contributed by atoms with Gasteiger partial charge in [0.25, 0.3) is 12.3 Å². The van der Waals surface area contributed by atoms with Gasteiger partial charge in [-0.25, -0.2) is 36.7 Å². The number of amides is 1. The number of pyridine rings is 2. The first kappa shape index (κ1) is 23.4. The van der Waals surface area contributed by atoms with Crippen LogP contribution in [-0.4, -0.2) is 55.6 Å². The molecule has 4 rings (SSSR count). The van der Waals surface area contributed by atoms with Crippen molar-refractivity contribution in [2.75, 3.05) is 24.2 Å². The second-order valence-electron chi connectivity index (χ2n) is 7.63. The molecule has 34 heavy (non-hydrogen) atoms. The Kier molecular flexibility index (Phi) is 6.13. The van der Waals surface area contributed by atoms with Gasteiger partial charge in [0.1, 0.15) is 39.0 Å². The quantitative estimate of drug-likeness (QED) is 0.667. The van der Waals surface area contributed by atoms with Crippen molar-refractivity contribution >= 4 is 27.6 Å². The van der Waals surface area contributed by atoms with Gasteiger partial charge >= 0.3 is 0 Å². The van der Waals surface area contributed by atoms with Gasteiger partial charge in [-0.1, -0.05) is 0 Å². The summed E-state index contributed by atoms with van der Waals surface area (Å²) in [6.45, 7) is 0.409. The molecule has 2 aromatic rings. The molecule has 178 valence electrons. The molecule has 0 fully saturated rings. The molecule has 0 saturated carbocycles. The van der Waals surface area contributed by atoms with Crippen LogP contribution in [0.3, 0.4) is 0 Å². The first-order chi connectivity index (χ1) is 16.2. The summed E-state index contributed by atoms with van der Waals surface area (Å²) >= 11 is 0. The first-order valence-electron chi connectivity index (χ1n) is 10.1. The minimum atomic E-state index is -3.43. The van der Waals surface area contributed by atoms with Crippen molar-refractivity contribution in [2.45, 2.75) is 24.8 Å². The zero-order chi connectivity index (χ0) is 24.5. The summed E-state index contributed by atoms with van der Waals surface area (Å²) in [5.74, 6) is -3.38. The van der Waals surface area contributed by atoms with Gasteiger partial charge in [0.2, 0.25) is 5.96 Å². The maximum Gasteiger partial charge on any atom is 0.275 e. The monoisotopic (exact) mass is 492 g/mol. The van der Waals surface area contributed by atoms with Crippen LogP contribution in [0.5, 0.6) is 0 Å². The number of hydrogen-bond donors (Lipinski definition) is 2. The molecule has 2 aliphatic heterocycles. The lowest BCUT2D eigenvalue weighted by molar-refractivity contribution is 0.0592. The lowest BCUT2D eigenvalue weighted by Crippen LogP contribution is -2.55. The summed E-state index contributed by atoms with van der Waals surface area (Å²) < 4.78 is 62.7. The Morgan fingerprint density at radius 2 is 2.09 bits per heavy atom. The highest BCUT2D eigenvalue weighted by Gasteiger charge is 2.53. The zero-order valence-electron chi connectivity index (χ0n) is 17.6. The number of guanidine groups is 1. The van der Waals surface area contributed by atoms with E-state index in [1.54, 1.807) is 0 Å². The number of nitrogens with two attached hydrogens (primary N) is 1. The van der Waals surface area contributed by atoms with Crippen molar-refractivity contribution in [2.24, 2.45) is 15.1 Å².